The summed E-state index contributed by atoms with van der Waals surface area (Å²) in [5.41, 5.74) is 1.01. The predicted molar refractivity (Wildman–Crippen MR) is 121 cm³/mol. The number of esters is 2. The third-order valence-corrected chi connectivity index (χ3v) is 5.67. The number of rotatable bonds is 10. The molecule has 0 radical (unpaired) electrons. The third-order valence-electron chi connectivity index (χ3n) is 4.40. The van der Waals surface area contributed by atoms with Crippen molar-refractivity contribution < 1.29 is 28.6 Å². The van der Waals surface area contributed by atoms with Crippen LogP contribution in [0.25, 0.3) is 6.08 Å². The minimum Gasteiger partial charge on any atom is -0.479 e. The van der Waals surface area contributed by atoms with Crippen molar-refractivity contribution in [1.29, 1.82) is 10.5 Å². The topological polar surface area (TPSA) is 126 Å². The van der Waals surface area contributed by atoms with Gasteiger partial charge in [-0.05, 0) is 50.1 Å². The number of carbonyl (C=O) groups is 3. The lowest BCUT2D eigenvalue weighted by atomic mass is 10.0. The molecule has 0 saturated heterocycles. The molecule has 1 aromatic heterocycles. The minimum absolute atomic E-state index is 0.0894. The molecule has 0 fully saturated rings. The van der Waals surface area contributed by atoms with Crippen LogP contribution in [0, 0.1) is 29.6 Å². The second-order valence-electron chi connectivity index (χ2n) is 6.58. The summed E-state index contributed by atoms with van der Waals surface area (Å²) in [7, 11) is 0. The Bertz CT molecular complexity index is 1150. The molecule has 0 aliphatic heterocycles. The van der Waals surface area contributed by atoms with Gasteiger partial charge in [0.2, 0.25) is 0 Å². The number of nitriles is 2. The van der Waals surface area contributed by atoms with Crippen LogP contribution >= 0.6 is 11.3 Å². The number of hydrogen-bond acceptors (Lipinski definition) is 9. The molecule has 2 aromatic rings. The maximum atomic E-state index is 12.9. The number of carbonyl (C=O) groups excluding carboxylic acids is 3. The van der Waals surface area contributed by atoms with Crippen molar-refractivity contribution in [2.45, 2.75) is 27.2 Å². The Morgan fingerprint density at radius 1 is 1.03 bits per heavy atom. The van der Waals surface area contributed by atoms with Crippen molar-refractivity contribution >= 4 is 35.1 Å². The summed E-state index contributed by atoms with van der Waals surface area (Å²) in [5, 5.41) is 18.1. The lowest BCUT2D eigenvalue weighted by Crippen LogP contribution is -2.12. The molecule has 0 atom stereocenters. The van der Waals surface area contributed by atoms with E-state index in [0.29, 0.717) is 21.8 Å². The van der Waals surface area contributed by atoms with Crippen LogP contribution in [-0.2, 0) is 20.7 Å². The molecule has 170 valence electrons. The normalized spacial score (nSPS) is 10.6. The molecular formula is C24H22N2O6S. The van der Waals surface area contributed by atoms with E-state index >= 15 is 0 Å². The highest BCUT2D eigenvalue weighted by Crippen LogP contribution is 2.31. The minimum atomic E-state index is -0.639. The maximum absolute atomic E-state index is 12.9. The van der Waals surface area contributed by atoms with Gasteiger partial charge in [0.05, 0.1) is 24.4 Å². The molecular weight excluding hydrogens is 444 g/mol. The van der Waals surface area contributed by atoms with Crippen LogP contribution in [0.5, 0.6) is 5.75 Å². The monoisotopic (exact) mass is 466 g/mol. The van der Waals surface area contributed by atoms with Crippen molar-refractivity contribution in [2.75, 3.05) is 19.8 Å². The molecule has 0 bridgehead atoms. The molecule has 0 amide bonds. The SMILES string of the molecule is CCOC(=O)c1sc(CC(=O)/C(C#N)=C/c2ccc(OCC#N)cc2)c(C(=O)OCC)c1C. The van der Waals surface area contributed by atoms with Crippen LogP contribution in [-0.4, -0.2) is 37.5 Å². The van der Waals surface area contributed by atoms with Gasteiger partial charge < -0.3 is 14.2 Å². The average Bonchev–Trinajstić information content (AvgIpc) is 3.12. The number of ketones is 1. The van der Waals surface area contributed by atoms with E-state index in [4.69, 9.17) is 19.5 Å². The number of ether oxygens (including phenoxy) is 3. The van der Waals surface area contributed by atoms with Crippen molar-refractivity contribution in [2.24, 2.45) is 0 Å². The second kappa shape index (κ2) is 12.2. The number of allylic oxidation sites excluding steroid dienone is 1. The zero-order valence-corrected chi connectivity index (χ0v) is 19.3. The average molecular weight is 467 g/mol. The summed E-state index contributed by atoms with van der Waals surface area (Å²) >= 11 is 0.985. The molecule has 0 N–H and O–H groups in total. The lowest BCUT2D eigenvalue weighted by Gasteiger charge is -2.05. The summed E-state index contributed by atoms with van der Waals surface area (Å²) in [4.78, 5) is 38.2. The fourth-order valence-corrected chi connectivity index (χ4v) is 4.10. The van der Waals surface area contributed by atoms with Crippen molar-refractivity contribution in [3.8, 4) is 17.9 Å². The van der Waals surface area contributed by atoms with Gasteiger partial charge in [0, 0.05) is 11.3 Å². The molecule has 2 rings (SSSR count). The molecule has 1 aromatic carbocycles. The first kappa shape index (κ1) is 25.3. The number of hydrogen-bond donors (Lipinski definition) is 0. The van der Waals surface area contributed by atoms with E-state index in [9.17, 15) is 19.6 Å². The quantitative estimate of drug-likeness (QED) is 0.292. The number of benzene rings is 1. The summed E-state index contributed by atoms with van der Waals surface area (Å²) in [6.45, 7) is 5.13. The fraction of sp³-hybridized carbons (Fsp3) is 0.292. The van der Waals surface area contributed by atoms with Gasteiger partial charge in [-0.25, -0.2) is 9.59 Å². The molecule has 0 unspecified atom stereocenters. The Hall–Kier alpha value is -3.95. The smallest absolute Gasteiger partial charge is 0.348 e. The van der Waals surface area contributed by atoms with Gasteiger partial charge in [0.1, 0.15) is 22.8 Å². The number of Topliss-reactive ketones (excluding diaryl/α,β-unsaturated/α-hetero) is 1. The Labute approximate surface area is 195 Å². The van der Waals surface area contributed by atoms with E-state index in [1.54, 1.807) is 45.0 Å². The van der Waals surface area contributed by atoms with Gasteiger partial charge in [0.15, 0.2) is 12.4 Å². The first-order chi connectivity index (χ1) is 15.9. The number of nitrogens with zero attached hydrogens (tertiary/aromatic N) is 2. The van der Waals surface area contributed by atoms with Crippen molar-refractivity contribution in [3.63, 3.8) is 0 Å². The molecule has 9 heteroatoms. The second-order valence-corrected chi connectivity index (χ2v) is 7.69. The van der Waals surface area contributed by atoms with Gasteiger partial charge in [-0.1, -0.05) is 12.1 Å². The molecule has 8 nitrogen and oxygen atoms in total. The standard InChI is InChI=1S/C24H22N2O6S/c1-4-30-23(28)21-15(3)22(24(29)31-5-2)33-20(21)13-19(27)17(14-26)12-16-6-8-18(9-7-16)32-11-10-25/h6-9,12H,4-5,11,13H2,1-3H3/b17-12+. The van der Waals surface area contributed by atoms with Crippen LogP contribution in [0.3, 0.4) is 0 Å². The van der Waals surface area contributed by atoms with Crippen LogP contribution in [0.4, 0.5) is 0 Å². The zero-order valence-electron chi connectivity index (χ0n) is 18.5. The summed E-state index contributed by atoms with van der Waals surface area (Å²) in [5.74, 6) is -1.25. The van der Waals surface area contributed by atoms with Crippen LogP contribution in [0.2, 0.25) is 0 Å². The van der Waals surface area contributed by atoms with Crippen LogP contribution < -0.4 is 4.74 Å². The first-order valence-electron chi connectivity index (χ1n) is 10.1. The first-order valence-corrected chi connectivity index (χ1v) is 10.9. The lowest BCUT2D eigenvalue weighted by molar-refractivity contribution is -0.114. The highest BCUT2D eigenvalue weighted by molar-refractivity contribution is 7.14. The largest absolute Gasteiger partial charge is 0.479 e. The summed E-state index contributed by atoms with van der Waals surface area (Å²) in [6.07, 6.45) is 1.18. The highest BCUT2D eigenvalue weighted by atomic mass is 32.1. The van der Waals surface area contributed by atoms with Gasteiger partial charge in [-0.2, -0.15) is 10.5 Å². The molecule has 0 aliphatic carbocycles. The fourth-order valence-electron chi connectivity index (χ4n) is 2.92. The Balaban J connectivity index is 2.34. The van der Waals surface area contributed by atoms with E-state index in [1.807, 2.05) is 12.1 Å². The van der Waals surface area contributed by atoms with E-state index in [2.05, 4.69) is 0 Å². The maximum Gasteiger partial charge on any atom is 0.348 e. The molecule has 1 heterocycles. The van der Waals surface area contributed by atoms with E-state index in [-0.39, 0.29) is 42.3 Å². The Morgan fingerprint density at radius 3 is 2.24 bits per heavy atom. The molecule has 0 spiro atoms. The van der Waals surface area contributed by atoms with Gasteiger partial charge in [0.25, 0.3) is 0 Å². The molecule has 0 saturated carbocycles. The van der Waals surface area contributed by atoms with Gasteiger partial charge >= 0.3 is 11.9 Å². The Morgan fingerprint density at radius 2 is 1.67 bits per heavy atom. The zero-order chi connectivity index (χ0) is 24.4. The van der Waals surface area contributed by atoms with Crippen molar-refractivity contribution in [3.05, 3.63) is 56.3 Å². The van der Waals surface area contributed by atoms with Crippen LogP contribution in [0.15, 0.2) is 29.8 Å². The third kappa shape index (κ3) is 6.52. The van der Waals surface area contributed by atoms with E-state index < -0.39 is 17.7 Å². The van der Waals surface area contributed by atoms with Crippen LogP contribution in [0.1, 0.15) is 49.9 Å². The number of thiophene rings is 1. The summed E-state index contributed by atoms with van der Waals surface area (Å²) in [6, 6.07) is 10.3. The van der Waals surface area contributed by atoms with Crippen molar-refractivity contribution in [1.82, 2.24) is 0 Å². The predicted octanol–water partition coefficient (Wildman–Crippen LogP) is 4.03. The summed E-state index contributed by atoms with van der Waals surface area (Å²) < 4.78 is 15.3. The highest BCUT2D eigenvalue weighted by Gasteiger charge is 2.27. The van der Waals surface area contributed by atoms with E-state index in [0.717, 1.165) is 11.3 Å². The Kier molecular flexibility index (Phi) is 9.34. The van der Waals surface area contributed by atoms with Gasteiger partial charge in [-0.3, -0.25) is 4.79 Å². The molecule has 0 aliphatic rings. The van der Waals surface area contributed by atoms with Gasteiger partial charge in [-0.15, -0.1) is 11.3 Å². The van der Waals surface area contributed by atoms with E-state index in [1.165, 1.54) is 6.08 Å². The molecule has 33 heavy (non-hydrogen) atoms.